The summed E-state index contributed by atoms with van der Waals surface area (Å²) in [5.74, 6) is -0.869. The Labute approximate surface area is 139 Å². The van der Waals surface area contributed by atoms with E-state index >= 15 is 0 Å². The highest BCUT2D eigenvalue weighted by molar-refractivity contribution is 7.89. The number of sulfonamides is 1. The van der Waals surface area contributed by atoms with Crippen molar-refractivity contribution < 1.29 is 22.7 Å². The fourth-order valence-electron chi connectivity index (χ4n) is 2.47. The van der Waals surface area contributed by atoms with Crippen LogP contribution in [0.25, 0.3) is 0 Å². The number of ether oxygens (including phenoxy) is 1. The number of esters is 1. The van der Waals surface area contributed by atoms with Crippen LogP contribution >= 0.6 is 11.3 Å². The lowest BCUT2D eigenvalue weighted by Gasteiger charge is -2.30. The highest BCUT2D eigenvalue weighted by Crippen LogP contribution is 2.26. The molecular weight excluding hydrogens is 340 g/mol. The molecular formula is C14H20N2O5S2. The average Bonchev–Trinajstić information content (AvgIpc) is 3.02. The lowest BCUT2D eigenvalue weighted by molar-refractivity contribution is -0.120. The fraction of sp³-hybridized carbons (Fsp3) is 0.571. The maximum absolute atomic E-state index is 12.3. The van der Waals surface area contributed by atoms with Crippen LogP contribution in [-0.4, -0.2) is 50.6 Å². The van der Waals surface area contributed by atoms with Gasteiger partial charge in [-0.15, -0.1) is 11.3 Å². The van der Waals surface area contributed by atoms with Gasteiger partial charge in [-0.05, 0) is 31.2 Å². The van der Waals surface area contributed by atoms with Gasteiger partial charge in [0.05, 0.1) is 18.6 Å². The first kappa shape index (κ1) is 17.9. The van der Waals surface area contributed by atoms with Crippen LogP contribution in [0.15, 0.2) is 11.4 Å². The second-order valence-corrected chi connectivity index (χ2v) is 8.39. The highest BCUT2D eigenvalue weighted by Gasteiger charge is 2.30. The van der Waals surface area contributed by atoms with Gasteiger partial charge >= 0.3 is 5.97 Å². The molecule has 1 aromatic rings. The molecule has 9 heteroatoms. The zero-order valence-corrected chi connectivity index (χ0v) is 14.7. The first-order chi connectivity index (χ1) is 10.9. The van der Waals surface area contributed by atoms with E-state index in [2.05, 4.69) is 10.1 Å². The van der Waals surface area contributed by atoms with Gasteiger partial charge < -0.3 is 10.1 Å². The predicted octanol–water partition coefficient (Wildman–Crippen LogP) is 1.53. The molecule has 1 amide bonds. The molecule has 0 unspecified atom stereocenters. The third-order valence-corrected chi connectivity index (χ3v) is 6.65. The van der Waals surface area contributed by atoms with Gasteiger partial charge in [0.15, 0.2) is 0 Å². The SMILES string of the molecule is CCS(=O)(=O)N1CCC(C(=O)Nc2ccsc2C(=O)OC)CC1. The number of carbonyl (C=O) groups excluding carboxylic acids is 2. The molecule has 23 heavy (non-hydrogen) atoms. The Balaban J connectivity index is 1.96. The third-order valence-electron chi connectivity index (χ3n) is 3.88. The van der Waals surface area contributed by atoms with Gasteiger partial charge in [-0.2, -0.15) is 0 Å². The number of nitrogens with zero attached hydrogens (tertiary/aromatic N) is 1. The number of carbonyl (C=O) groups is 2. The predicted molar refractivity (Wildman–Crippen MR) is 88.0 cm³/mol. The monoisotopic (exact) mass is 360 g/mol. The molecule has 2 rings (SSSR count). The topological polar surface area (TPSA) is 92.8 Å². The quantitative estimate of drug-likeness (QED) is 0.804. The van der Waals surface area contributed by atoms with E-state index in [4.69, 9.17) is 0 Å². The number of methoxy groups -OCH3 is 1. The first-order valence-corrected chi connectivity index (χ1v) is 9.82. The zero-order chi connectivity index (χ0) is 17.0. The Morgan fingerprint density at radius 2 is 2.04 bits per heavy atom. The van der Waals surface area contributed by atoms with Crippen molar-refractivity contribution >= 4 is 38.9 Å². The lowest BCUT2D eigenvalue weighted by atomic mass is 9.97. The van der Waals surface area contributed by atoms with E-state index in [1.165, 1.54) is 22.8 Å². The van der Waals surface area contributed by atoms with Gasteiger partial charge in [-0.1, -0.05) is 0 Å². The Morgan fingerprint density at radius 3 is 2.61 bits per heavy atom. The largest absolute Gasteiger partial charge is 0.465 e. The molecule has 7 nitrogen and oxygen atoms in total. The van der Waals surface area contributed by atoms with Crippen molar-refractivity contribution in [1.29, 1.82) is 0 Å². The number of nitrogens with one attached hydrogen (secondary N) is 1. The normalized spacial score (nSPS) is 17.0. The molecule has 0 spiro atoms. The van der Waals surface area contributed by atoms with E-state index in [0.29, 0.717) is 36.5 Å². The Hall–Kier alpha value is -1.45. The van der Waals surface area contributed by atoms with E-state index in [9.17, 15) is 18.0 Å². The molecule has 1 aromatic heterocycles. The fourth-order valence-corrected chi connectivity index (χ4v) is 4.37. The number of amides is 1. The van der Waals surface area contributed by atoms with Crippen LogP contribution in [-0.2, 0) is 19.6 Å². The van der Waals surface area contributed by atoms with E-state index in [1.807, 2.05) is 0 Å². The third kappa shape index (κ3) is 4.10. The van der Waals surface area contributed by atoms with Crippen molar-refractivity contribution in [2.75, 3.05) is 31.3 Å². The standard InChI is InChI=1S/C14H20N2O5S2/c1-3-23(19,20)16-7-4-10(5-8-16)13(17)15-11-6-9-22-12(11)14(18)21-2/h6,9-10H,3-5,7-8H2,1-2H3,(H,15,17). The maximum Gasteiger partial charge on any atom is 0.350 e. The minimum atomic E-state index is -3.20. The smallest absolute Gasteiger partial charge is 0.350 e. The zero-order valence-electron chi connectivity index (χ0n) is 13.1. The van der Waals surface area contributed by atoms with Gasteiger partial charge in [0, 0.05) is 19.0 Å². The number of rotatable bonds is 5. The minimum absolute atomic E-state index is 0.0707. The summed E-state index contributed by atoms with van der Waals surface area (Å²) in [6, 6.07) is 1.66. The number of hydrogen-bond donors (Lipinski definition) is 1. The Morgan fingerprint density at radius 1 is 1.39 bits per heavy atom. The van der Waals surface area contributed by atoms with Crippen molar-refractivity contribution in [1.82, 2.24) is 4.31 Å². The average molecular weight is 360 g/mol. The molecule has 1 aliphatic rings. The molecule has 0 atom stereocenters. The lowest BCUT2D eigenvalue weighted by Crippen LogP contribution is -2.42. The van der Waals surface area contributed by atoms with Crippen molar-refractivity contribution in [3.8, 4) is 0 Å². The maximum atomic E-state index is 12.3. The minimum Gasteiger partial charge on any atom is -0.465 e. The summed E-state index contributed by atoms with van der Waals surface area (Å²) in [6.45, 7) is 2.31. The second kappa shape index (κ2) is 7.41. The van der Waals surface area contributed by atoms with Crippen molar-refractivity contribution in [2.24, 2.45) is 5.92 Å². The molecule has 1 saturated heterocycles. The van der Waals surface area contributed by atoms with Gasteiger partial charge in [0.1, 0.15) is 4.88 Å². The van der Waals surface area contributed by atoms with E-state index in [1.54, 1.807) is 18.4 Å². The molecule has 1 aliphatic heterocycles. The second-order valence-electron chi connectivity index (χ2n) is 5.22. The van der Waals surface area contributed by atoms with Gasteiger partial charge in [-0.3, -0.25) is 4.79 Å². The summed E-state index contributed by atoms with van der Waals surface area (Å²) in [5.41, 5.74) is 0.440. The molecule has 1 fully saturated rings. The summed E-state index contributed by atoms with van der Waals surface area (Å²) in [4.78, 5) is 24.3. The number of thiophene rings is 1. The van der Waals surface area contributed by atoms with Crippen molar-refractivity contribution in [3.05, 3.63) is 16.3 Å². The van der Waals surface area contributed by atoms with Crippen LogP contribution in [0.4, 0.5) is 5.69 Å². The van der Waals surface area contributed by atoms with Crippen LogP contribution < -0.4 is 5.32 Å². The van der Waals surface area contributed by atoms with Crippen molar-refractivity contribution in [3.63, 3.8) is 0 Å². The van der Waals surface area contributed by atoms with E-state index in [-0.39, 0.29) is 17.6 Å². The summed E-state index contributed by atoms with van der Waals surface area (Å²) >= 11 is 1.20. The summed E-state index contributed by atoms with van der Waals surface area (Å²) in [5, 5.41) is 4.45. The Bertz CT molecular complexity index is 675. The molecule has 0 radical (unpaired) electrons. The van der Waals surface area contributed by atoms with Crippen molar-refractivity contribution in [2.45, 2.75) is 19.8 Å². The molecule has 0 bridgehead atoms. The highest BCUT2D eigenvalue weighted by atomic mass is 32.2. The molecule has 2 heterocycles. The van der Waals surface area contributed by atoms with Crippen LogP contribution in [0.3, 0.4) is 0 Å². The molecule has 0 saturated carbocycles. The Kier molecular flexibility index (Phi) is 5.77. The van der Waals surface area contributed by atoms with E-state index < -0.39 is 16.0 Å². The summed E-state index contributed by atoms with van der Waals surface area (Å²) in [7, 11) is -1.91. The number of anilines is 1. The van der Waals surface area contributed by atoms with Crippen LogP contribution in [0.5, 0.6) is 0 Å². The number of piperidine rings is 1. The molecule has 1 N–H and O–H groups in total. The van der Waals surface area contributed by atoms with Gasteiger partial charge in [0.25, 0.3) is 0 Å². The van der Waals surface area contributed by atoms with Crippen LogP contribution in [0, 0.1) is 5.92 Å². The summed E-state index contributed by atoms with van der Waals surface area (Å²) < 4.78 is 29.7. The van der Waals surface area contributed by atoms with Gasteiger partial charge in [0.2, 0.25) is 15.9 Å². The number of hydrogen-bond acceptors (Lipinski definition) is 6. The van der Waals surface area contributed by atoms with Crippen LogP contribution in [0.2, 0.25) is 0 Å². The molecule has 0 aliphatic carbocycles. The molecule has 0 aromatic carbocycles. The van der Waals surface area contributed by atoms with Crippen LogP contribution in [0.1, 0.15) is 29.4 Å². The van der Waals surface area contributed by atoms with E-state index in [0.717, 1.165) is 0 Å². The summed E-state index contributed by atoms with van der Waals surface area (Å²) in [6.07, 6.45) is 0.950. The molecule has 128 valence electrons. The van der Waals surface area contributed by atoms with Gasteiger partial charge in [-0.25, -0.2) is 17.5 Å². The first-order valence-electron chi connectivity index (χ1n) is 7.33.